The van der Waals surface area contributed by atoms with E-state index in [4.69, 9.17) is 11.6 Å². The first kappa shape index (κ1) is 21.4. The Kier molecular flexibility index (Phi) is 6.05. The molecule has 0 saturated carbocycles. The molecule has 2 bridgehead atoms. The maximum Gasteiger partial charge on any atom is 0.318 e. The number of anilines is 1. The van der Waals surface area contributed by atoms with E-state index in [1.54, 1.807) is 41.3 Å². The molecule has 3 amide bonds. The Labute approximate surface area is 186 Å². The molecule has 2 aliphatic heterocycles. The second-order valence-electron chi connectivity index (χ2n) is 8.74. The van der Waals surface area contributed by atoms with Crippen LogP contribution in [0.3, 0.4) is 0 Å². The van der Waals surface area contributed by atoms with Gasteiger partial charge in [-0.2, -0.15) is 0 Å². The van der Waals surface area contributed by atoms with E-state index >= 15 is 0 Å². The third kappa shape index (κ3) is 4.46. The Bertz CT molecular complexity index is 1050. The summed E-state index contributed by atoms with van der Waals surface area (Å²) in [5, 5.41) is 6.18. The molecule has 31 heavy (non-hydrogen) atoms. The summed E-state index contributed by atoms with van der Waals surface area (Å²) in [6, 6.07) is 11.4. The minimum Gasteiger partial charge on any atom is -0.326 e. The van der Waals surface area contributed by atoms with Gasteiger partial charge in [-0.15, -0.1) is 0 Å². The number of carbonyl (C=O) groups excluding carboxylic acids is 2. The van der Waals surface area contributed by atoms with Gasteiger partial charge < -0.3 is 20.1 Å². The molecule has 1 fully saturated rings. The van der Waals surface area contributed by atoms with E-state index in [2.05, 4.69) is 10.6 Å². The number of nitrogens with zero attached hydrogens (tertiary/aromatic N) is 2. The number of nitrogens with one attached hydrogen (secondary N) is 2. The number of hydrogen-bond donors (Lipinski definition) is 2. The molecular formula is C23H27ClN4O3. The fourth-order valence-electron chi connectivity index (χ4n) is 4.59. The predicted octanol–water partition coefficient (Wildman–Crippen LogP) is 3.29. The number of hydrogen-bond acceptors (Lipinski definition) is 3. The highest BCUT2D eigenvalue weighted by atomic mass is 35.5. The normalized spacial score (nSPS) is 20.7. The molecule has 2 N–H and O–H groups in total. The molecular weight excluding hydrogens is 416 g/mol. The van der Waals surface area contributed by atoms with Gasteiger partial charge in [-0.05, 0) is 36.5 Å². The van der Waals surface area contributed by atoms with Crippen LogP contribution >= 0.6 is 11.6 Å². The summed E-state index contributed by atoms with van der Waals surface area (Å²) in [5.41, 5.74) is 1.52. The number of amides is 3. The molecule has 1 aromatic heterocycles. The van der Waals surface area contributed by atoms with Crippen molar-refractivity contribution >= 4 is 29.2 Å². The molecule has 1 saturated heterocycles. The van der Waals surface area contributed by atoms with Crippen molar-refractivity contribution in [1.29, 1.82) is 0 Å². The highest BCUT2D eigenvalue weighted by Gasteiger charge is 2.37. The van der Waals surface area contributed by atoms with Gasteiger partial charge in [0, 0.05) is 37.3 Å². The van der Waals surface area contributed by atoms with Crippen LogP contribution in [0.25, 0.3) is 0 Å². The number of carbonyl (C=O) groups is 2. The van der Waals surface area contributed by atoms with E-state index in [1.807, 2.05) is 24.5 Å². The summed E-state index contributed by atoms with van der Waals surface area (Å²) >= 11 is 6.15. The lowest BCUT2D eigenvalue weighted by atomic mass is 9.83. The summed E-state index contributed by atoms with van der Waals surface area (Å²) in [4.78, 5) is 39.9. The minimum absolute atomic E-state index is 0.0150. The van der Waals surface area contributed by atoms with Crippen LogP contribution in [0.15, 0.2) is 47.3 Å². The van der Waals surface area contributed by atoms with E-state index in [0.29, 0.717) is 30.3 Å². The van der Waals surface area contributed by atoms with Gasteiger partial charge >= 0.3 is 6.03 Å². The number of pyridine rings is 1. The van der Waals surface area contributed by atoms with Crippen LogP contribution in [0.1, 0.15) is 31.9 Å². The first-order valence-corrected chi connectivity index (χ1v) is 11.0. The number of halogens is 1. The fraction of sp³-hybridized carbons (Fsp3) is 0.435. The van der Waals surface area contributed by atoms with Crippen molar-refractivity contribution in [3.8, 4) is 0 Å². The molecule has 3 heterocycles. The molecule has 0 aliphatic carbocycles. The first-order chi connectivity index (χ1) is 14.8. The zero-order valence-corrected chi connectivity index (χ0v) is 18.4. The van der Waals surface area contributed by atoms with Crippen molar-refractivity contribution in [2.75, 3.05) is 18.4 Å². The van der Waals surface area contributed by atoms with Crippen LogP contribution in [-0.2, 0) is 11.3 Å². The van der Waals surface area contributed by atoms with Gasteiger partial charge in [-0.3, -0.25) is 9.59 Å². The molecule has 2 aliphatic rings. The number of para-hydroxylation sites is 1. The van der Waals surface area contributed by atoms with E-state index in [-0.39, 0.29) is 35.3 Å². The second-order valence-corrected chi connectivity index (χ2v) is 9.15. The SMILES string of the molecule is CC(C)[C@H](NC(=O)N1C[C@H]2C[C@@H](C1)c1cccc(=O)n1C2)C(=O)Nc1ccccc1Cl. The maximum absolute atomic E-state index is 13.1. The average Bonchev–Trinajstić information content (AvgIpc) is 2.74. The lowest BCUT2D eigenvalue weighted by molar-refractivity contribution is -0.118. The van der Waals surface area contributed by atoms with Crippen molar-refractivity contribution in [1.82, 2.24) is 14.8 Å². The van der Waals surface area contributed by atoms with E-state index in [1.165, 1.54) is 0 Å². The molecule has 0 spiro atoms. The van der Waals surface area contributed by atoms with Crippen LogP contribution in [0.5, 0.6) is 0 Å². The van der Waals surface area contributed by atoms with Crippen LogP contribution in [-0.4, -0.2) is 40.5 Å². The van der Waals surface area contributed by atoms with E-state index in [0.717, 1.165) is 12.1 Å². The maximum atomic E-state index is 13.1. The number of fused-ring (bicyclic) bond motifs is 4. The van der Waals surface area contributed by atoms with Crippen LogP contribution in [0, 0.1) is 11.8 Å². The monoisotopic (exact) mass is 442 g/mol. The molecule has 3 atom stereocenters. The largest absolute Gasteiger partial charge is 0.326 e. The van der Waals surface area contributed by atoms with Gasteiger partial charge in [0.05, 0.1) is 10.7 Å². The van der Waals surface area contributed by atoms with Crippen molar-refractivity contribution in [2.24, 2.45) is 11.8 Å². The van der Waals surface area contributed by atoms with Crippen molar-refractivity contribution in [3.05, 3.63) is 63.5 Å². The summed E-state index contributed by atoms with van der Waals surface area (Å²) in [5.74, 6) is -0.0475. The van der Waals surface area contributed by atoms with Gasteiger partial charge in [-0.25, -0.2) is 4.79 Å². The quantitative estimate of drug-likeness (QED) is 0.762. The Morgan fingerprint density at radius 3 is 2.58 bits per heavy atom. The Balaban J connectivity index is 1.46. The van der Waals surface area contributed by atoms with Gasteiger partial charge in [0.1, 0.15) is 6.04 Å². The van der Waals surface area contributed by atoms with Crippen LogP contribution in [0.4, 0.5) is 10.5 Å². The highest BCUT2D eigenvalue weighted by molar-refractivity contribution is 6.33. The van der Waals surface area contributed by atoms with Gasteiger partial charge in [0.25, 0.3) is 5.56 Å². The van der Waals surface area contributed by atoms with Crippen LogP contribution in [0.2, 0.25) is 5.02 Å². The standard InChI is InChI=1S/C23H27ClN4O3/c1-14(2)21(22(30)25-18-7-4-3-6-17(18)24)26-23(31)27-11-15-10-16(13-27)19-8-5-9-20(29)28(19)12-15/h3-9,14-16,21H,10-13H2,1-2H3,(H,25,30)(H,26,31)/t15-,16+,21+/m1/s1. The number of benzene rings is 1. The number of piperidine rings is 1. The Morgan fingerprint density at radius 1 is 1.06 bits per heavy atom. The molecule has 7 nitrogen and oxygen atoms in total. The number of rotatable bonds is 4. The number of urea groups is 1. The topological polar surface area (TPSA) is 83.4 Å². The lowest BCUT2D eigenvalue weighted by Crippen LogP contribution is -2.56. The van der Waals surface area contributed by atoms with Crippen molar-refractivity contribution < 1.29 is 9.59 Å². The third-order valence-corrected chi connectivity index (χ3v) is 6.46. The molecule has 0 radical (unpaired) electrons. The molecule has 164 valence electrons. The zero-order chi connectivity index (χ0) is 22.1. The number of likely N-dealkylation sites (tertiary alicyclic amines) is 1. The molecule has 4 rings (SSSR count). The molecule has 2 aromatic rings. The van der Waals surface area contributed by atoms with Crippen molar-refractivity contribution in [3.63, 3.8) is 0 Å². The smallest absolute Gasteiger partial charge is 0.318 e. The summed E-state index contributed by atoms with van der Waals surface area (Å²) in [6.07, 6.45) is 0.966. The third-order valence-electron chi connectivity index (χ3n) is 6.13. The van der Waals surface area contributed by atoms with Gasteiger partial charge in [0.2, 0.25) is 5.91 Å². The predicted molar refractivity (Wildman–Crippen MR) is 120 cm³/mol. The highest BCUT2D eigenvalue weighted by Crippen LogP contribution is 2.35. The Hall–Kier alpha value is -2.80. The summed E-state index contributed by atoms with van der Waals surface area (Å²) < 4.78 is 1.84. The van der Waals surface area contributed by atoms with Crippen LogP contribution < -0.4 is 16.2 Å². The van der Waals surface area contributed by atoms with Gasteiger partial charge in [-0.1, -0.05) is 43.6 Å². The molecule has 0 unspecified atom stereocenters. The van der Waals surface area contributed by atoms with Crippen molar-refractivity contribution in [2.45, 2.75) is 38.8 Å². The summed E-state index contributed by atoms with van der Waals surface area (Å²) in [7, 11) is 0. The first-order valence-electron chi connectivity index (χ1n) is 10.6. The van der Waals surface area contributed by atoms with E-state index < -0.39 is 6.04 Å². The Morgan fingerprint density at radius 2 is 1.84 bits per heavy atom. The van der Waals surface area contributed by atoms with E-state index in [9.17, 15) is 14.4 Å². The summed E-state index contributed by atoms with van der Waals surface area (Å²) in [6.45, 7) is 5.51. The average molecular weight is 443 g/mol. The van der Waals surface area contributed by atoms with Gasteiger partial charge in [0.15, 0.2) is 0 Å². The zero-order valence-electron chi connectivity index (χ0n) is 17.7. The lowest BCUT2D eigenvalue weighted by Gasteiger charge is -2.43. The molecule has 1 aromatic carbocycles. The minimum atomic E-state index is -0.694. The number of aromatic nitrogens is 1. The fourth-order valence-corrected chi connectivity index (χ4v) is 4.78. The second kappa shape index (κ2) is 8.75. The molecule has 8 heteroatoms.